The SMILES string of the molecule is FC(F)=C(F)C(F)(F)OC(C(F)(F)C(F)(F)F)(C(F)(F)C(F)(F)F)C(F)(F)C(F)(F)N1CCCC1. The van der Waals surface area contributed by atoms with Gasteiger partial charge in [-0.1, -0.05) is 0 Å². The van der Waals surface area contributed by atoms with Gasteiger partial charge in [-0.2, -0.15) is 83.4 Å². The van der Waals surface area contributed by atoms with Gasteiger partial charge in [0.05, 0.1) is 0 Å². The zero-order valence-electron chi connectivity index (χ0n) is 15.9. The van der Waals surface area contributed by atoms with E-state index < -0.39 is 90.6 Å². The zero-order chi connectivity index (χ0) is 28.3. The molecule has 0 amide bonds. The van der Waals surface area contributed by atoms with Crippen LogP contribution in [0.2, 0.25) is 0 Å². The second-order valence-electron chi connectivity index (χ2n) is 6.83. The summed E-state index contributed by atoms with van der Waals surface area (Å²) in [5, 5.41) is 0. The number of nitrogens with zero attached hydrogens (tertiary/aromatic N) is 1. The molecule has 0 saturated carbocycles. The van der Waals surface area contributed by atoms with Gasteiger partial charge in [0.1, 0.15) is 0 Å². The molecule has 0 bridgehead atoms. The van der Waals surface area contributed by atoms with E-state index in [1.165, 1.54) is 0 Å². The maximum absolute atomic E-state index is 14.7. The van der Waals surface area contributed by atoms with Gasteiger partial charge in [-0.3, -0.25) is 4.74 Å². The fourth-order valence-electron chi connectivity index (χ4n) is 2.94. The highest BCUT2D eigenvalue weighted by atomic mass is 19.4. The number of hydrogen-bond acceptors (Lipinski definition) is 2. The minimum atomic E-state index is -8.80. The Kier molecular flexibility index (Phi) is 7.81. The second-order valence-corrected chi connectivity index (χ2v) is 6.83. The van der Waals surface area contributed by atoms with E-state index in [-0.39, 0.29) is 0 Å². The molecule has 1 fully saturated rings. The van der Waals surface area contributed by atoms with Crippen molar-refractivity contribution in [3.8, 4) is 0 Å². The average molecular weight is 567 g/mol. The van der Waals surface area contributed by atoms with Crippen LogP contribution in [-0.4, -0.2) is 65.9 Å². The Balaban J connectivity index is 4.34. The summed E-state index contributed by atoms with van der Waals surface area (Å²) >= 11 is 0. The number of rotatable bonds is 8. The van der Waals surface area contributed by atoms with Crippen molar-refractivity contribution in [2.24, 2.45) is 0 Å². The number of hydrogen-bond donors (Lipinski definition) is 0. The van der Waals surface area contributed by atoms with E-state index in [2.05, 4.69) is 0 Å². The van der Waals surface area contributed by atoms with Crippen LogP contribution in [0.3, 0.4) is 0 Å². The fraction of sp³-hybridized carbons (Fsp3) is 0.857. The van der Waals surface area contributed by atoms with E-state index >= 15 is 0 Å². The first-order valence-corrected chi connectivity index (χ1v) is 8.35. The zero-order valence-corrected chi connectivity index (χ0v) is 15.9. The Morgan fingerprint density at radius 3 is 1.17 bits per heavy atom. The number of likely N-dealkylation sites (tertiary alicyclic amines) is 1. The van der Waals surface area contributed by atoms with Crippen LogP contribution in [0.15, 0.2) is 11.9 Å². The lowest BCUT2D eigenvalue weighted by molar-refractivity contribution is -0.519. The number of ether oxygens (including phenoxy) is 1. The van der Waals surface area contributed by atoms with Crippen LogP contribution in [0, 0.1) is 0 Å². The Morgan fingerprint density at radius 1 is 0.543 bits per heavy atom. The Labute approximate surface area is 180 Å². The molecule has 1 saturated heterocycles. The first-order chi connectivity index (χ1) is 15.2. The molecule has 0 aromatic carbocycles. The smallest absolute Gasteiger partial charge is 0.288 e. The van der Waals surface area contributed by atoms with Crippen molar-refractivity contribution in [3.63, 3.8) is 0 Å². The molecule has 0 aromatic rings. The van der Waals surface area contributed by atoms with Crippen molar-refractivity contribution in [2.45, 2.75) is 60.7 Å². The van der Waals surface area contributed by atoms with Crippen molar-refractivity contribution in [1.29, 1.82) is 0 Å². The summed E-state index contributed by atoms with van der Waals surface area (Å²) in [7, 11) is 0. The summed E-state index contributed by atoms with van der Waals surface area (Å²) < 4.78 is 257. The Bertz CT molecular complexity index is 773. The molecule has 1 heterocycles. The first-order valence-electron chi connectivity index (χ1n) is 8.35. The van der Waals surface area contributed by atoms with Crippen LogP contribution < -0.4 is 0 Å². The quantitative estimate of drug-likeness (QED) is 0.229. The summed E-state index contributed by atoms with van der Waals surface area (Å²) in [5.74, 6) is -30.7. The number of halogens is 19. The minimum Gasteiger partial charge on any atom is -0.288 e. The topological polar surface area (TPSA) is 12.5 Å². The molecule has 0 radical (unpaired) electrons. The van der Waals surface area contributed by atoms with Crippen molar-refractivity contribution in [1.82, 2.24) is 4.90 Å². The predicted molar refractivity (Wildman–Crippen MR) is 71.8 cm³/mol. The van der Waals surface area contributed by atoms with Gasteiger partial charge in [-0.25, -0.2) is 4.90 Å². The van der Waals surface area contributed by atoms with Crippen LogP contribution in [0.25, 0.3) is 0 Å². The molecule has 35 heavy (non-hydrogen) atoms. The highest BCUT2D eigenvalue weighted by Gasteiger charge is 2.98. The molecule has 2 nitrogen and oxygen atoms in total. The monoisotopic (exact) mass is 567 g/mol. The van der Waals surface area contributed by atoms with E-state index in [0.717, 1.165) is 0 Å². The predicted octanol–water partition coefficient (Wildman–Crippen LogP) is 7.13. The molecule has 0 unspecified atom stereocenters. The van der Waals surface area contributed by atoms with Gasteiger partial charge in [0, 0.05) is 13.1 Å². The van der Waals surface area contributed by atoms with Gasteiger partial charge in [0.25, 0.3) is 11.4 Å². The molecule has 0 aliphatic carbocycles. The fourth-order valence-corrected chi connectivity index (χ4v) is 2.94. The van der Waals surface area contributed by atoms with Crippen LogP contribution in [0.5, 0.6) is 0 Å². The molecule has 0 spiro atoms. The van der Waals surface area contributed by atoms with E-state index in [9.17, 15) is 83.4 Å². The van der Waals surface area contributed by atoms with Crippen LogP contribution in [-0.2, 0) is 4.74 Å². The van der Waals surface area contributed by atoms with Gasteiger partial charge in [0.2, 0.25) is 0 Å². The maximum atomic E-state index is 14.7. The molecule has 1 aliphatic rings. The van der Waals surface area contributed by atoms with Gasteiger partial charge < -0.3 is 0 Å². The summed E-state index contributed by atoms with van der Waals surface area (Å²) in [5.41, 5.74) is -8.80. The summed E-state index contributed by atoms with van der Waals surface area (Å²) in [6.45, 7) is -2.98. The van der Waals surface area contributed by atoms with E-state index in [0.29, 0.717) is 0 Å². The Morgan fingerprint density at radius 2 is 0.886 bits per heavy atom. The van der Waals surface area contributed by atoms with Crippen molar-refractivity contribution in [2.75, 3.05) is 13.1 Å². The lowest BCUT2D eigenvalue weighted by Gasteiger charge is -2.51. The van der Waals surface area contributed by atoms with Gasteiger partial charge in [-0.05, 0) is 12.8 Å². The largest absolute Gasteiger partial charge is 0.456 e. The normalized spacial score (nSPS) is 18.3. The lowest BCUT2D eigenvalue weighted by atomic mass is 9.78. The van der Waals surface area contributed by atoms with E-state index in [4.69, 9.17) is 0 Å². The maximum Gasteiger partial charge on any atom is 0.456 e. The van der Waals surface area contributed by atoms with Crippen LogP contribution >= 0.6 is 0 Å². The molecule has 1 aliphatic heterocycles. The van der Waals surface area contributed by atoms with Gasteiger partial charge >= 0.3 is 48.4 Å². The molecule has 0 N–H and O–H groups in total. The third kappa shape index (κ3) is 4.50. The van der Waals surface area contributed by atoms with Crippen molar-refractivity contribution >= 4 is 0 Å². The highest BCUT2D eigenvalue weighted by molar-refractivity contribution is 5.22. The average Bonchev–Trinajstić information content (AvgIpc) is 3.18. The summed E-state index contributed by atoms with van der Waals surface area (Å²) in [4.78, 5) is -1.22. The van der Waals surface area contributed by atoms with Crippen LogP contribution in [0.1, 0.15) is 12.8 Å². The lowest BCUT2D eigenvalue weighted by Crippen LogP contribution is -2.83. The molecule has 21 heteroatoms. The minimum absolute atomic E-state index is 0.647. The third-order valence-electron chi connectivity index (χ3n) is 4.62. The summed E-state index contributed by atoms with van der Waals surface area (Å²) in [6, 6.07) is -6.99. The van der Waals surface area contributed by atoms with Gasteiger partial charge in [0.15, 0.2) is 0 Å². The van der Waals surface area contributed by atoms with E-state index in [1.807, 2.05) is 0 Å². The molecule has 0 aromatic heterocycles. The standard InChI is InChI=1S/C14H8F19NO/c15-5(6(16)17)7(18,19)35-8(9(20,21)12(26,27)28,10(22,23)13(29,30)31)11(24,25)14(32,33)34-3-1-2-4-34/h1-4H2. The molecular formula is C14H8F19NO. The second kappa shape index (κ2) is 8.72. The van der Waals surface area contributed by atoms with Crippen molar-refractivity contribution < 1.29 is 88.2 Å². The molecule has 208 valence electrons. The molecule has 1 rings (SSSR count). The third-order valence-corrected chi connectivity index (χ3v) is 4.62. The molecule has 0 atom stereocenters. The Hall–Kier alpha value is -1.67. The molecular weight excluding hydrogens is 559 g/mol. The van der Waals surface area contributed by atoms with Crippen LogP contribution in [0.4, 0.5) is 83.4 Å². The van der Waals surface area contributed by atoms with Crippen molar-refractivity contribution in [3.05, 3.63) is 11.9 Å². The van der Waals surface area contributed by atoms with Gasteiger partial charge in [-0.15, -0.1) is 0 Å². The highest BCUT2D eigenvalue weighted by Crippen LogP contribution is 2.66. The summed E-state index contributed by atoms with van der Waals surface area (Å²) in [6.07, 6.45) is -29.9. The number of alkyl halides is 16. The van der Waals surface area contributed by atoms with E-state index in [1.54, 1.807) is 4.74 Å². The first kappa shape index (κ1) is 31.4.